The lowest BCUT2D eigenvalue weighted by Gasteiger charge is -2.14. The van der Waals surface area contributed by atoms with Gasteiger partial charge in [-0.15, -0.1) is 10.2 Å². The van der Waals surface area contributed by atoms with Crippen LogP contribution in [0.15, 0.2) is 42.2 Å². The highest BCUT2D eigenvalue weighted by Crippen LogP contribution is 2.37. The molecular formula is C19H11N5O. The summed E-state index contributed by atoms with van der Waals surface area (Å²) in [4.78, 5) is 21.8. The minimum Gasteiger partial charge on any atom is -0.289 e. The van der Waals surface area contributed by atoms with E-state index in [0.717, 1.165) is 50.5 Å². The minimum atomic E-state index is 0.0879. The Hall–Kier alpha value is -3.41. The van der Waals surface area contributed by atoms with Crippen LogP contribution in [0.25, 0.3) is 38.5 Å². The number of hydrogen-bond acceptors (Lipinski definition) is 5. The van der Waals surface area contributed by atoms with Crippen LogP contribution in [0.4, 0.5) is 0 Å². The molecule has 0 saturated carbocycles. The Morgan fingerprint density at radius 2 is 1.96 bits per heavy atom. The summed E-state index contributed by atoms with van der Waals surface area (Å²) in [5.41, 5.74) is 5.58. The van der Waals surface area contributed by atoms with Crippen molar-refractivity contribution in [3.63, 3.8) is 0 Å². The van der Waals surface area contributed by atoms with Gasteiger partial charge in [0.2, 0.25) is 0 Å². The molecule has 0 unspecified atom stereocenters. The molecule has 0 radical (unpaired) electrons. The second-order valence-electron chi connectivity index (χ2n) is 6.42. The molecule has 4 heterocycles. The second-order valence-corrected chi connectivity index (χ2v) is 6.42. The lowest BCUT2D eigenvalue weighted by atomic mass is 9.97. The summed E-state index contributed by atoms with van der Waals surface area (Å²) >= 11 is 0. The molecule has 4 aromatic heterocycles. The maximum atomic E-state index is 12.9. The second kappa shape index (κ2) is 4.16. The number of ketones is 1. The van der Waals surface area contributed by atoms with Gasteiger partial charge in [0.1, 0.15) is 0 Å². The molecule has 0 spiro atoms. The third-order valence-corrected chi connectivity index (χ3v) is 4.93. The average molecular weight is 325 g/mol. The van der Waals surface area contributed by atoms with Gasteiger partial charge in [-0.2, -0.15) is 0 Å². The monoisotopic (exact) mass is 325 g/mol. The fraction of sp³-hybridized carbons (Fsp3) is 0.105. The van der Waals surface area contributed by atoms with Crippen molar-refractivity contribution in [2.45, 2.75) is 13.3 Å². The molecule has 5 aromatic rings. The Balaban J connectivity index is 1.98. The first-order valence-electron chi connectivity index (χ1n) is 8.11. The van der Waals surface area contributed by atoms with Gasteiger partial charge < -0.3 is 0 Å². The number of aryl methyl sites for hydroxylation is 1. The highest BCUT2D eigenvalue weighted by Gasteiger charge is 2.25. The molecule has 6 heteroatoms. The molecule has 0 bridgehead atoms. The fourth-order valence-corrected chi connectivity index (χ4v) is 3.69. The van der Waals surface area contributed by atoms with Gasteiger partial charge in [0.05, 0.1) is 16.7 Å². The normalized spacial score (nSPS) is 14.0. The van der Waals surface area contributed by atoms with Crippen molar-refractivity contribution >= 4 is 44.3 Å². The first kappa shape index (κ1) is 12.9. The molecule has 0 saturated heterocycles. The maximum Gasteiger partial charge on any atom is 0.189 e. The van der Waals surface area contributed by atoms with Crippen molar-refractivity contribution in [3.8, 4) is 0 Å². The van der Waals surface area contributed by atoms with Crippen LogP contribution >= 0.6 is 0 Å². The largest absolute Gasteiger partial charge is 0.289 e. The highest BCUT2D eigenvalue weighted by molar-refractivity contribution is 6.26. The molecule has 1 aliphatic rings. The van der Waals surface area contributed by atoms with Gasteiger partial charge in [-0.1, -0.05) is 6.08 Å². The summed E-state index contributed by atoms with van der Waals surface area (Å²) in [6.45, 7) is 1.92. The molecule has 0 N–H and O–H groups in total. The zero-order valence-corrected chi connectivity index (χ0v) is 13.3. The molecule has 25 heavy (non-hydrogen) atoms. The summed E-state index contributed by atoms with van der Waals surface area (Å²) in [5.74, 6) is 0.0879. The standard InChI is InChI=1S/C19H11N5O/c1-9-18-22-23-19-13-8-20-7-6-11(13)15-12(17(25)10-2-3-10)4-5-14(21-9)16(15)24(18)19/h2,4-8H,3H2,1H3. The van der Waals surface area contributed by atoms with E-state index < -0.39 is 0 Å². The van der Waals surface area contributed by atoms with Gasteiger partial charge in [-0.25, -0.2) is 4.98 Å². The van der Waals surface area contributed by atoms with Gasteiger partial charge in [0.25, 0.3) is 0 Å². The predicted molar refractivity (Wildman–Crippen MR) is 94.0 cm³/mol. The Bertz CT molecular complexity index is 1400. The van der Waals surface area contributed by atoms with E-state index in [4.69, 9.17) is 0 Å². The summed E-state index contributed by atoms with van der Waals surface area (Å²) in [7, 11) is 0. The van der Waals surface area contributed by atoms with E-state index in [1.54, 1.807) is 12.4 Å². The van der Waals surface area contributed by atoms with Crippen molar-refractivity contribution in [1.29, 1.82) is 0 Å². The first-order valence-corrected chi connectivity index (χ1v) is 8.11. The number of nitrogens with zero attached hydrogens (tertiary/aromatic N) is 5. The van der Waals surface area contributed by atoms with Crippen LogP contribution in [-0.2, 0) is 0 Å². The molecule has 6 rings (SSSR count). The van der Waals surface area contributed by atoms with Crippen LogP contribution in [0.5, 0.6) is 0 Å². The number of allylic oxidation sites excluding steroid dienone is 2. The molecule has 118 valence electrons. The lowest BCUT2D eigenvalue weighted by molar-refractivity contribution is 0.104. The number of fused-ring (bicyclic) bond motifs is 3. The number of carbonyl (C=O) groups is 1. The minimum absolute atomic E-state index is 0.0879. The van der Waals surface area contributed by atoms with Crippen molar-refractivity contribution in [1.82, 2.24) is 24.6 Å². The molecular weight excluding hydrogens is 314 g/mol. The lowest BCUT2D eigenvalue weighted by Crippen LogP contribution is -2.04. The number of pyridine rings is 2. The topological polar surface area (TPSA) is 73.0 Å². The van der Waals surface area contributed by atoms with Crippen LogP contribution < -0.4 is 0 Å². The van der Waals surface area contributed by atoms with Crippen LogP contribution in [0.3, 0.4) is 0 Å². The van der Waals surface area contributed by atoms with Gasteiger partial charge >= 0.3 is 0 Å². The van der Waals surface area contributed by atoms with Gasteiger partial charge in [0, 0.05) is 34.3 Å². The predicted octanol–water partition coefficient (Wildman–Crippen LogP) is 3.24. The third kappa shape index (κ3) is 1.51. The van der Waals surface area contributed by atoms with Crippen molar-refractivity contribution in [2.75, 3.05) is 0 Å². The molecule has 6 nitrogen and oxygen atoms in total. The van der Waals surface area contributed by atoms with E-state index in [9.17, 15) is 4.79 Å². The average Bonchev–Trinajstić information content (AvgIpc) is 3.38. The van der Waals surface area contributed by atoms with E-state index >= 15 is 0 Å². The number of benzene rings is 1. The Labute approximate surface area is 141 Å². The number of rotatable bonds is 2. The Kier molecular flexibility index (Phi) is 2.15. The molecule has 1 aliphatic carbocycles. The van der Waals surface area contributed by atoms with Crippen LogP contribution in [0.2, 0.25) is 0 Å². The van der Waals surface area contributed by atoms with Crippen LogP contribution in [0.1, 0.15) is 22.5 Å². The zero-order valence-electron chi connectivity index (χ0n) is 13.3. The third-order valence-electron chi connectivity index (χ3n) is 4.93. The molecule has 0 amide bonds. The maximum absolute atomic E-state index is 12.9. The van der Waals surface area contributed by atoms with E-state index in [1.807, 2.05) is 35.6 Å². The first-order chi connectivity index (χ1) is 12.2. The molecule has 0 fully saturated rings. The van der Waals surface area contributed by atoms with Crippen molar-refractivity contribution in [2.24, 2.45) is 0 Å². The number of hydrogen-bond donors (Lipinski definition) is 0. The Morgan fingerprint density at radius 1 is 1.12 bits per heavy atom. The molecule has 1 aromatic carbocycles. The van der Waals surface area contributed by atoms with Gasteiger partial charge in [-0.05, 0) is 36.9 Å². The number of aromatic nitrogens is 5. The highest BCUT2D eigenvalue weighted by atomic mass is 16.1. The van der Waals surface area contributed by atoms with Crippen LogP contribution in [-0.4, -0.2) is 30.3 Å². The van der Waals surface area contributed by atoms with E-state index in [0.29, 0.717) is 11.2 Å². The Morgan fingerprint density at radius 3 is 2.80 bits per heavy atom. The zero-order chi connectivity index (χ0) is 16.7. The SMILES string of the molecule is Cc1nc2ccc(C(=O)C3=CC3)c3c4ccncc4c4nnc1n4c23. The summed E-state index contributed by atoms with van der Waals surface area (Å²) < 4.78 is 2.01. The summed E-state index contributed by atoms with van der Waals surface area (Å²) in [5, 5.41) is 11.4. The van der Waals surface area contributed by atoms with E-state index in [2.05, 4.69) is 20.2 Å². The fourth-order valence-electron chi connectivity index (χ4n) is 3.69. The number of Topliss-reactive ketones (excluding diaryl/α,β-unsaturated/α-hetero) is 1. The van der Waals surface area contributed by atoms with Crippen molar-refractivity contribution in [3.05, 3.63) is 53.5 Å². The van der Waals surface area contributed by atoms with Crippen LogP contribution in [0, 0.1) is 6.92 Å². The molecule has 0 aliphatic heterocycles. The number of carbonyl (C=O) groups excluding carboxylic acids is 1. The molecule has 0 atom stereocenters. The van der Waals surface area contributed by atoms with Crippen molar-refractivity contribution < 1.29 is 4.79 Å². The van der Waals surface area contributed by atoms with Gasteiger partial charge in [0.15, 0.2) is 17.1 Å². The summed E-state index contributed by atoms with van der Waals surface area (Å²) in [6, 6.07) is 5.74. The summed E-state index contributed by atoms with van der Waals surface area (Å²) in [6.07, 6.45) is 6.27. The quantitative estimate of drug-likeness (QED) is 0.283. The van der Waals surface area contributed by atoms with E-state index in [1.165, 1.54) is 0 Å². The van der Waals surface area contributed by atoms with Gasteiger partial charge in [-0.3, -0.25) is 14.2 Å². The van der Waals surface area contributed by atoms with E-state index in [-0.39, 0.29) is 5.78 Å². The smallest absolute Gasteiger partial charge is 0.189 e.